The first-order chi connectivity index (χ1) is 16.7. The highest BCUT2D eigenvalue weighted by Gasteiger charge is 2.20. The van der Waals surface area contributed by atoms with Crippen molar-refractivity contribution in [1.29, 1.82) is 0 Å². The minimum atomic E-state index is 0.550. The number of nitrogens with zero attached hydrogens (tertiary/aromatic N) is 2. The highest BCUT2D eigenvalue weighted by atomic mass is 16.5. The summed E-state index contributed by atoms with van der Waals surface area (Å²) < 4.78 is 16.8. The fourth-order valence-corrected chi connectivity index (χ4v) is 4.68. The topological polar surface area (TPSA) is 43.8 Å². The second-order valence-electron chi connectivity index (χ2n) is 8.77. The first-order valence-corrected chi connectivity index (χ1v) is 11.8. The molecule has 34 heavy (non-hydrogen) atoms. The molecule has 4 aromatic rings. The van der Waals surface area contributed by atoms with Crippen molar-refractivity contribution in [2.75, 3.05) is 32.2 Å². The predicted octanol–water partition coefficient (Wildman–Crippen LogP) is 6.50. The molecular weight excluding hydrogens is 424 g/mol. The molecule has 0 bridgehead atoms. The third-order valence-corrected chi connectivity index (χ3v) is 6.57. The number of hydrogen-bond donors (Lipinski definition) is 0. The third kappa shape index (κ3) is 4.93. The molecule has 0 N–H and O–H groups in total. The van der Waals surface area contributed by atoms with Gasteiger partial charge in [-0.2, -0.15) is 0 Å². The Morgan fingerprint density at radius 2 is 1.53 bits per heavy atom. The van der Waals surface area contributed by atoms with Crippen LogP contribution in [-0.4, -0.2) is 32.3 Å². The van der Waals surface area contributed by atoms with Crippen molar-refractivity contribution >= 4 is 16.6 Å². The molecule has 1 fully saturated rings. The van der Waals surface area contributed by atoms with Crippen LogP contribution in [0.1, 0.15) is 18.4 Å². The SMILES string of the molecule is COc1cc2ccc(Oc3ccc(N4CCC(Cc5ccccc5)CC4)cc3)nc2cc1OC. The molecule has 0 spiro atoms. The average molecular weight is 455 g/mol. The zero-order valence-corrected chi connectivity index (χ0v) is 19.7. The fraction of sp³-hybridized carbons (Fsp3) is 0.276. The van der Waals surface area contributed by atoms with Crippen molar-refractivity contribution in [3.05, 3.63) is 84.4 Å². The van der Waals surface area contributed by atoms with Gasteiger partial charge in [-0.1, -0.05) is 30.3 Å². The van der Waals surface area contributed by atoms with E-state index in [1.165, 1.54) is 30.5 Å². The van der Waals surface area contributed by atoms with Crippen molar-refractivity contribution in [2.45, 2.75) is 19.3 Å². The van der Waals surface area contributed by atoms with Gasteiger partial charge in [0.25, 0.3) is 0 Å². The molecule has 0 radical (unpaired) electrons. The summed E-state index contributed by atoms with van der Waals surface area (Å²) in [5.41, 5.74) is 3.49. The van der Waals surface area contributed by atoms with E-state index in [1.54, 1.807) is 14.2 Å². The number of fused-ring (bicyclic) bond motifs is 1. The molecule has 1 aromatic heterocycles. The second-order valence-corrected chi connectivity index (χ2v) is 8.77. The van der Waals surface area contributed by atoms with Crippen LogP contribution in [-0.2, 0) is 6.42 Å². The molecule has 2 heterocycles. The van der Waals surface area contributed by atoms with Gasteiger partial charge < -0.3 is 19.1 Å². The molecule has 0 aliphatic carbocycles. The standard InChI is InChI=1S/C29H30N2O3/c1-32-27-19-23-8-13-29(30-26(23)20-28(27)33-2)34-25-11-9-24(10-12-25)31-16-14-22(15-17-31)18-21-6-4-3-5-7-21/h3-13,19-20,22H,14-18H2,1-2H3. The number of hydrogen-bond acceptors (Lipinski definition) is 5. The predicted molar refractivity (Wildman–Crippen MR) is 136 cm³/mol. The molecule has 0 unspecified atom stereocenters. The van der Waals surface area contributed by atoms with Crippen molar-refractivity contribution in [3.8, 4) is 23.1 Å². The van der Waals surface area contributed by atoms with Gasteiger partial charge in [-0.3, -0.25) is 0 Å². The number of ether oxygens (including phenoxy) is 3. The Hall–Kier alpha value is -3.73. The number of rotatable bonds is 7. The Balaban J connectivity index is 1.21. The molecular formula is C29H30N2O3. The van der Waals surface area contributed by atoms with Crippen LogP contribution in [0, 0.1) is 5.92 Å². The Bertz CT molecular complexity index is 1230. The lowest BCUT2D eigenvalue weighted by Crippen LogP contribution is -2.34. The zero-order valence-electron chi connectivity index (χ0n) is 19.7. The Labute approximate surface area is 200 Å². The normalized spacial score (nSPS) is 14.2. The van der Waals surface area contributed by atoms with Crippen LogP contribution in [0.25, 0.3) is 10.9 Å². The number of benzene rings is 3. The first kappa shape index (κ1) is 22.1. The first-order valence-electron chi connectivity index (χ1n) is 11.8. The van der Waals surface area contributed by atoms with Gasteiger partial charge in [0.1, 0.15) is 5.75 Å². The summed E-state index contributed by atoms with van der Waals surface area (Å²) in [6.45, 7) is 2.18. The van der Waals surface area contributed by atoms with E-state index in [1.807, 2.05) is 36.4 Å². The molecule has 5 nitrogen and oxygen atoms in total. The van der Waals surface area contributed by atoms with Gasteiger partial charge in [-0.25, -0.2) is 4.98 Å². The lowest BCUT2D eigenvalue weighted by molar-refractivity contribution is 0.355. The number of piperidine rings is 1. The van der Waals surface area contributed by atoms with Crippen molar-refractivity contribution < 1.29 is 14.2 Å². The third-order valence-electron chi connectivity index (χ3n) is 6.57. The molecule has 3 aromatic carbocycles. The van der Waals surface area contributed by atoms with E-state index in [-0.39, 0.29) is 0 Å². The summed E-state index contributed by atoms with van der Waals surface area (Å²) in [6.07, 6.45) is 3.63. The lowest BCUT2D eigenvalue weighted by Gasteiger charge is -2.33. The summed E-state index contributed by atoms with van der Waals surface area (Å²) in [5.74, 6) is 3.42. The summed E-state index contributed by atoms with van der Waals surface area (Å²) in [6, 6.07) is 26.8. The minimum Gasteiger partial charge on any atom is -0.493 e. The number of aromatic nitrogens is 1. The van der Waals surface area contributed by atoms with Gasteiger partial charge in [0.15, 0.2) is 11.5 Å². The van der Waals surface area contributed by atoms with E-state index in [0.29, 0.717) is 17.4 Å². The van der Waals surface area contributed by atoms with Crippen LogP contribution in [0.2, 0.25) is 0 Å². The van der Waals surface area contributed by atoms with Crippen LogP contribution >= 0.6 is 0 Å². The molecule has 5 heteroatoms. The van der Waals surface area contributed by atoms with E-state index in [0.717, 1.165) is 35.7 Å². The summed E-state index contributed by atoms with van der Waals surface area (Å²) in [5, 5.41) is 0.969. The quantitative estimate of drug-likeness (QED) is 0.319. The van der Waals surface area contributed by atoms with Gasteiger partial charge >= 0.3 is 0 Å². The summed E-state index contributed by atoms with van der Waals surface area (Å²) >= 11 is 0. The smallest absolute Gasteiger partial charge is 0.219 e. The summed E-state index contributed by atoms with van der Waals surface area (Å²) in [7, 11) is 3.25. The van der Waals surface area contributed by atoms with E-state index >= 15 is 0 Å². The average Bonchev–Trinajstić information content (AvgIpc) is 2.89. The van der Waals surface area contributed by atoms with Crippen LogP contribution in [0.15, 0.2) is 78.9 Å². The molecule has 1 aliphatic rings. The number of pyridine rings is 1. The van der Waals surface area contributed by atoms with Gasteiger partial charge in [0.2, 0.25) is 5.88 Å². The van der Waals surface area contributed by atoms with Gasteiger partial charge in [0, 0.05) is 36.3 Å². The van der Waals surface area contributed by atoms with Gasteiger partial charge in [0.05, 0.1) is 19.7 Å². The number of methoxy groups -OCH3 is 2. The fourth-order valence-electron chi connectivity index (χ4n) is 4.68. The maximum absolute atomic E-state index is 6.04. The maximum atomic E-state index is 6.04. The highest BCUT2D eigenvalue weighted by molar-refractivity contribution is 5.83. The Morgan fingerprint density at radius 3 is 2.24 bits per heavy atom. The summed E-state index contributed by atoms with van der Waals surface area (Å²) in [4.78, 5) is 7.11. The van der Waals surface area contributed by atoms with Crippen LogP contribution in [0.3, 0.4) is 0 Å². The Kier molecular flexibility index (Phi) is 6.52. The van der Waals surface area contributed by atoms with E-state index in [2.05, 4.69) is 52.3 Å². The molecule has 0 atom stereocenters. The monoisotopic (exact) mass is 454 g/mol. The number of anilines is 1. The lowest BCUT2D eigenvalue weighted by atomic mass is 9.90. The van der Waals surface area contributed by atoms with Crippen LogP contribution in [0.4, 0.5) is 5.69 Å². The minimum absolute atomic E-state index is 0.550. The highest BCUT2D eigenvalue weighted by Crippen LogP contribution is 2.33. The van der Waals surface area contributed by atoms with Crippen molar-refractivity contribution in [2.24, 2.45) is 5.92 Å². The largest absolute Gasteiger partial charge is 0.493 e. The van der Waals surface area contributed by atoms with E-state index in [9.17, 15) is 0 Å². The van der Waals surface area contributed by atoms with Crippen molar-refractivity contribution in [1.82, 2.24) is 4.98 Å². The zero-order chi connectivity index (χ0) is 23.3. The second kappa shape index (κ2) is 10.0. The molecule has 0 saturated carbocycles. The van der Waals surface area contributed by atoms with Crippen LogP contribution < -0.4 is 19.1 Å². The molecule has 174 valence electrons. The molecule has 1 aliphatic heterocycles. The van der Waals surface area contributed by atoms with Gasteiger partial charge in [-0.15, -0.1) is 0 Å². The molecule has 1 saturated heterocycles. The van der Waals surface area contributed by atoms with E-state index < -0.39 is 0 Å². The van der Waals surface area contributed by atoms with Crippen LogP contribution in [0.5, 0.6) is 23.1 Å². The van der Waals surface area contributed by atoms with E-state index in [4.69, 9.17) is 14.2 Å². The van der Waals surface area contributed by atoms with Crippen molar-refractivity contribution in [3.63, 3.8) is 0 Å². The molecule has 5 rings (SSSR count). The van der Waals surface area contributed by atoms with Gasteiger partial charge in [-0.05, 0) is 67.1 Å². The maximum Gasteiger partial charge on any atom is 0.219 e. The Morgan fingerprint density at radius 1 is 0.824 bits per heavy atom. The molecule has 0 amide bonds.